The van der Waals surface area contributed by atoms with E-state index in [0.29, 0.717) is 5.56 Å². The molecule has 0 radical (unpaired) electrons. The molecular formula is C12H16FNO3. The zero-order valence-corrected chi connectivity index (χ0v) is 10.1. The lowest BCUT2D eigenvalue weighted by atomic mass is 10.1. The minimum absolute atomic E-state index is 0.184. The smallest absolute Gasteiger partial charge is 0.259 e. The number of aliphatic hydroxyl groups excluding tert-OH is 1. The summed E-state index contributed by atoms with van der Waals surface area (Å²) in [6, 6.07) is 3.84. The molecule has 1 N–H and O–H groups in total. The molecule has 0 saturated heterocycles. The van der Waals surface area contributed by atoms with E-state index >= 15 is 0 Å². The van der Waals surface area contributed by atoms with E-state index in [0.717, 1.165) is 6.07 Å². The van der Waals surface area contributed by atoms with Crippen molar-refractivity contribution in [1.29, 1.82) is 0 Å². The van der Waals surface area contributed by atoms with Crippen molar-refractivity contribution >= 4 is 5.91 Å². The SMILES string of the molecule is CC(O)c1ccc(F)cc1OCC(=O)N(C)C. The topological polar surface area (TPSA) is 49.8 Å². The van der Waals surface area contributed by atoms with Gasteiger partial charge >= 0.3 is 0 Å². The van der Waals surface area contributed by atoms with Gasteiger partial charge in [-0.3, -0.25) is 4.79 Å². The third-order valence-electron chi connectivity index (χ3n) is 2.28. The second-order valence-electron chi connectivity index (χ2n) is 3.93. The van der Waals surface area contributed by atoms with Gasteiger partial charge in [-0.2, -0.15) is 0 Å². The summed E-state index contributed by atoms with van der Waals surface area (Å²) in [6.45, 7) is 1.37. The Bertz CT molecular complexity index is 405. The number of benzene rings is 1. The summed E-state index contributed by atoms with van der Waals surface area (Å²) in [7, 11) is 3.21. The molecular weight excluding hydrogens is 225 g/mol. The van der Waals surface area contributed by atoms with Crippen LogP contribution in [0.25, 0.3) is 0 Å². The van der Waals surface area contributed by atoms with Gasteiger partial charge in [0.15, 0.2) is 6.61 Å². The number of ether oxygens (including phenoxy) is 1. The summed E-state index contributed by atoms with van der Waals surface area (Å²) in [5.74, 6) is -0.511. The first kappa shape index (κ1) is 13.4. The number of aliphatic hydroxyl groups is 1. The van der Waals surface area contributed by atoms with Crippen molar-refractivity contribution in [2.45, 2.75) is 13.0 Å². The van der Waals surface area contributed by atoms with Gasteiger partial charge in [0, 0.05) is 25.7 Å². The number of nitrogens with zero attached hydrogens (tertiary/aromatic N) is 1. The first-order valence-corrected chi connectivity index (χ1v) is 5.22. The lowest BCUT2D eigenvalue weighted by Gasteiger charge is -2.15. The molecule has 0 bridgehead atoms. The Labute approximate surface area is 99.6 Å². The minimum atomic E-state index is -0.778. The Morgan fingerprint density at radius 2 is 2.18 bits per heavy atom. The average molecular weight is 241 g/mol. The van der Waals surface area contributed by atoms with E-state index in [9.17, 15) is 14.3 Å². The predicted molar refractivity (Wildman–Crippen MR) is 61.2 cm³/mol. The van der Waals surface area contributed by atoms with Gasteiger partial charge < -0.3 is 14.7 Å². The largest absolute Gasteiger partial charge is 0.483 e. The lowest BCUT2D eigenvalue weighted by molar-refractivity contribution is -0.130. The first-order valence-electron chi connectivity index (χ1n) is 5.22. The Kier molecular flexibility index (Phi) is 4.45. The summed E-state index contributed by atoms with van der Waals surface area (Å²) < 4.78 is 18.2. The molecule has 0 aliphatic heterocycles. The van der Waals surface area contributed by atoms with Gasteiger partial charge in [-0.05, 0) is 19.1 Å². The van der Waals surface area contributed by atoms with Gasteiger partial charge in [-0.15, -0.1) is 0 Å². The van der Waals surface area contributed by atoms with Crippen molar-refractivity contribution in [3.8, 4) is 5.75 Å². The number of halogens is 1. The third-order valence-corrected chi connectivity index (χ3v) is 2.28. The highest BCUT2D eigenvalue weighted by molar-refractivity contribution is 5.77. The van der Waals surface area contributed by atoms with Crippen molar-refractivity contribution in [1.82, 2.24) is 4.90 Å². The van der Waals surface area contributed by atoms with Crippen LogP contribution < -0.4 is 4.74 Å². The van der Waals surface area contributed by atoms with E-state index in [-0.39, 0.29) is 18.3 Å². The quantitative estimate of drug-likeness (QED) is 0.865. The molecule has 0 aliphatic carbocycles. The van der Waals surface area contributed by atoms with Crippen LogP contribution >= 0.6 is 0 Å². The van der Waals surface area contributed by atoms with Crippen molar-refractivity contribution in [3.63, 3.8) is 0 Å². The number of hydrogen-bond donors (Lipinski definition) is 1. The Morgan fingerprint density at radius 1 is 1.53 bits per heavy atom. The minimum Gasteiger partial charge on any atom is -0.483 e. The molecule has 1 unspecified atom stereocenters. The van der Waals surface area contributed by atoms with Crippen molar-refractivity contribution < 1.29 is 19.0 Å². The molecule has 1 atom stereocenters. The maximum Gasteiger partial charge on any atom is 0.259 e. The van der Waals surface area contributed by atoms with Crippen LogP contribution in [0.1, 0.15) is 18.6 Å². The molecule has 0 spiro atoms. The van der Waals surface area contributed by atoms with Crippen LogP contribution in [0.3, 0.4) is 0 Å². The van der Waals surface area contributed by atoms with Crippen LogP contribution in [0.5, 0.6) is 5.75 Å². The molecule has 1 aromatic rings. The highest BCUT2D eigenvalue weighted by Gasteiger charge is 2.12. The molecule has 4 nitrogen and oxygen atoms in total. The summed E-state index contributed by atoms with van der Waals surface area (Å²) in [5.41, 5.74) is 0.456. The van der Waals surface area contributed by atoms with Crippen LogP contribution in [0.4, 0.5) is 4.39 Å². The van der Waals surface area contributed by atoms with Gasteiger partial charge in [-0.25, -0.2) is 4.39 Å². The van der Waals surface area contributed by atoms with Crippen molar-refractivity contribution in [2.24, 2.45) is 0 Å². The number of rotatable bonds is 4. The van der Waals surface area contributed by atoms with Crippen LogP contribution in [0.2, 0.25) is 0 Å². The van der Waals surface area contributed by atoms with Crippen molar-refractivity contribution in [3.05, 3.63) is 29.6 Å². The summed E-state index contributed by atoms with van der Waals surface area (Å²) >= 11 is 0. The zero-order valence-electron chi connectivity index (χ0n) is 10.1. The molecule has 17 heavy (non-hydrogen) atoms. The average Bonchev–Trinajstić information content (AvgIpc) is 2.25. The maximum atomic E-state index is 13.0. The second-order valence-corrected chi connectivity index (χ2v) is 3.93. The predicted octanol–water partition coefficient (Wildman–Crippen LogP) is 1.35. The third kappa shape index (κ3) is 3.71. The van der Waals surface area contributed by atoms with E-state index in [2.05, 4.69) is 0 Å². The molecule has 94 valence electrons. The molecule has 0 aromatic heterocycles. The Hall–Kier alpha value is -1.62. The molecule has 0 aliphatic rings. The van der Waals surface area contributed by atoms with Gasteiger partial charge in [0.1, 0.15) is 11.6 Å². The summed E-state index contributed by atoms with van der Waals surface area (Å²) in [5, 5.41) is 9.47. The standard InChI is InChI=1S/C12H16FNO3/c1-8(15)10-5-4-9(13)6-11(10)17-7-12(16)14(2)3/h4-6,8,15H,7H2,1-3H3. The number of carbonyl (C=O) groups is 1. The highest BCUT2D eigenvalue weighted by atomic mass is 19.1. The molecule has 0 heterocycles. The van der Waals surface area contributed by atoms with Crippen LogP contribution in [0.15, 0.2) is 18.2 Å². The maximum absolute atomic E-state index is 13.0. The van der Waals surface area contributed by atoms with Crippen LogP contribution in [-0.2, 0) is 4.79 Å². The van der Waals surface area contributed by atoms with Gasteiger partial charge in [-0.1, -0.05) is 0 Å². The summed E-state index contributed by atoms with van der Waals surface area (Å²) in [4.78, 5) is 12.7. The number of carbonyl (C=O) groups excluding carboxylic acids is 1. The first-order chi connectivity index (χ1) is 7.91. The lowest BCUT2D eigenvalue weighted by Crippen LogP contribution is -2.27. The number of amides is 1. The molecule has 0 saturated carbocycles. The molecule has 1 rings (SSSR count). The van der Waals surface area contributed by atoms with E-state index in [1.807, 2.05) is 0 Å². The number of likely N-dealkylation sites (N-methyl/N-ethyl adjacent to an activating group) is 1. The molecule has 1 aromatic carbocycles. The number of hydrogen-bond acceptors (Lipinski definition) is 3. The summed E-state index contributed by atoms with van der Waals surface area (Å²) in [6.07, 6.45) is -0.778. The molecule has 0 fully saturated rings. The molecule has 1 amide bonds. The van der Waals surface area contributed by atoms with E-state index < -0.39 is 11.9 Å². The van der Waals surface area contributed by atoms with E-state index in [4.69, 9.17) is 4.74 Å². The second kappa shape index (κ2) is 5.63. The normalized spacial score (nSPS) is 12.1. The van der Waals surface area contributed by atoms with E-state index in [1.54, 1.807) is 21.0 Å². The van der Waals surface area contributed by atoms with Crippen LogP contribution in [0, 0.1) is 5.82 Å². The zero-order chi connectivity index (χ0) is 13.0. The highest BCUT2D eigenvalue weighted by Crippen LogP contribution is 2.25. The Balaban J connectivity index is 2.82. The van der Waals surface area contributed by atoms with Gasteiger partial charge in [0.25, 0.3) is 5.91 Å². The fourth-order valence-electron chi connectivity index (χ4n) is 1.25. The van der Waals surface area contributed by atoms with Gasteiger partial charge in [0.05, 0.1) is 6.10 Å². The fourth-order valence-corrected chi connectivity index (χ4v) is 1.25. The monoisotopic (exact) mass is 241 g/mol. The Morgan fingerprint density at radius 3 is 2.71 bits per heavy atom. The van der Waals surface area contributed by atoms with Gasteiger partial charge in [0.2, 0.25) is 0 Å². The fraction of sp³-hybridized carbons (Fsp3) is 0.417. The molecule has 5 heteroatoms. The van der Waals surface area contributed by atoms with E-state index in [1.165, 1.54) is 17.0 Å². The van der Waals surface area contributed by atoms with Crippen LogP contribution in [-0.4, -0.2) is 36.6 Å². The van der Waals surface area contributed by atoms with Crippen molar-refractivity contribution in [2.75, 3.05) is 20.7 Å².